The lowest BCUT2D eigenvalue weighted by Crippen LogP contribution is -2.41. The van der Waals surface area contributed by atoms with Crippen LogP contribution in [0.25, 0.3) is 0 Å². The van der Waals surface area contributed by atoms with Crippen molar-refractivity contribution in [2.24, 2.45) is 5.92 Å². The number of hydrogen-bond acceptors (Lipinski definition) is 3. The molecule has 1 fully saturated rings. The van der Waals surface area contributed by atoms with Gasteiger partial charge in [-0.05, 0) is 46.5 Å². The average Bonchev–Trinajstić information content (AvgIpc) is 2.33. The Balaban J connectivity index is 2.08. The maximum absolute atomic E-state index is 11.4. The first-order valence-corrected chi connectivity index (χ1v) is 7.59. The van der Waals surface area contributed by atoms with Crippen LogP contribution in [0.4, 0.5) is 4.79 Å². The minimum Gasteiger partial charge on any atom is -0.444 e. The van der Waals surface area contributed by atoms with E-state index in [1.165, 1.54) is 32.1 Å². The topological polar surface area (TPSA) is 50.4 Å². The summed E-state index contributed by atoms with van der Waals surface area (Å²) in [6, 6.07) is 0.542. The largest absolute Gasteiger partial charge is 0.444 e. The smallest absolute Gasteiger partial charge is 0.407 e. The van der Waals surface area contributed by atoms with Gasteiger partial charge in [-0.3, -0.25) is 0 Å². The summed E-state index contributed by atoms with van der Waals surface area (Å²) in [6.07, 6.45) is 6.48. The molecule has 0 heterocycles. The fraction of sp³-hybridized carbons (Fsp3) is 0.933. The lowest BCUT2D eigenvalue weighted by molar-refractivity contribution is 0.0527. The number of carbonyl (C=O) groups is 1. The van der Waals surface area contributed by atoms with Crippen LogP contribution < -0.4 is 10.6 Å². The molecule has 0 aliphatic heterocycles. The van der Waals surface area contributed by atoms with Crippen LogP contribution in [0.5, 0.6) is 0 Å². The van der Waals surface area contributed by atoms with Crippen LogP contribution >= 0.6 is 0 Å². The number of hydrogen-bond donors (Lipinski definition) is 2. The molecule has 2 N–H and O–H groups in total. The predicted molar refractivity (Wildman–Crippen MR) is 78.3 cm³/mol. The van der Waals surface area contributed by atoms with Crippen molar-refractivity contribution in [2.45, 2.75) is 71.4 Å². The Kier molecular flexibility index (Phi) is 6.63. The van der Waals surface area contributed by atoms with Gasteiger partial charge in [0, 0.05) is 19.1 Å². The molecule has 0 aromatic rings. The average molecular weight is 270 g/mol. The first-order chi connectivity index (χ1) is 8.88. The zero-order valence-electron chi connectivity index (χ0n) is 12.9. The van der Waals surface area contributed by atoms with Crippen molar-refractivity contribution in [1.29, 1.82) is 0 Å². The molecule has 0 bridgehead atoms. The molecule has 0 aromatic carbocycles. The highest BCUT2D eigenvalue weighted by Crippen LogP contribution is 2.26. The van der Waals surface area contributed by atoms with Crippen LogP contribution in [0.2, 0.25) is 0 Å². The first kappa shape index (κ1) is 16.3. The minimum absolute atomic E-state index is 0.334. The molecule has 1 unspecified atom stereocenters. The van der Waals surface area contributed by atoms with Gasteiger partial charge in [0.1, 0.15) is 5.60 Å². The normalized spacial score (nSPS) is 18.9. The SMILES string of the molecule is CC(NCCNC(=O)OC(C)(C)C)C1CCCCC1. The van der Waals surface area contributed by atoms with Gasteiger partial charge >= 0.3 is 6.09 Å². The van der Waals surface area contributed by atoms with Gasteiger partial charge in [0.25, 0.3) is 0 Å². The molecule has 0 aromatic heterocycles. The van der Waals surface area contributed by atoms with Crippen molar-refractivity contribution in [3.05, 3.63) is 0 Å². The Bertz CT molecular complexity index is 268. The standard InChI is InChI=1S/C15H30N2O2/c1-12(13-8-6-5-7-9-13)16-10-11-17-14(18)19-15(2,3)4/h12-13,16H,5-11H2,1-4H3,(H,17,18). The van der Waals surface area contributed by atoms with Gasteiger partial charge in [0.15, 0.2) is 0 Å². The molecule has 0 saturated heterocycles. The van der Waals surface area contributed by atoms with Gasteiger partial charge in [-0.1, -0.05) is 19.3 Å². The molecule has 4 heteroatoms. The second-order valence-corrected chi connectivity index (χ2v) is 6.57. The predicted octanol–water partition coefficient (Wildman–Crippen LogP) is 3.07. The molecule has 1 rings (SSSR count). The number of carbonyl (C=O) groups excluding carboxylic acids is 1. The maximum Gasteiger partial charge on any atom is 0.407 e. The molecule has 112 valence electrons. The maximum atomic E-state index is 11.4. The number of ether oxygens (including phenoxy) is 1. The van der Waals surface area contributed by atoms with Crippen molar-refractivity contribution >= 4 is 6.09 Å². The summed E-state index contributed by atoms with van der Waals surface area (Å²) in [5, 5.41) is 6.27. The van der Waals surface area contributed by atoms with E-state index in [2.05, 4.69) is 17.6 Å². The third-order valence-electron chi connectivity index (χ3n) is 3.62. The number of rotatable bonds is 5. The Hall–Kier alpha value is -0.770. The molecule has 0 radical (unpaired) electrons. The van der Waals surface area contributed by atoms with E-state index >= 15 is 0 Å². The Morgan fingerprint density at radius 3 is 2.42 bits per heavy atom. The second kappa shape index (κ2) is 7.73. The van der Waals surface area contributed by atoms with Crippen LogP contribution in [0.3, 0.4) is 0 Å². The molecule has 0 spiro atoms. The molecule has 1 saturated carbocycles. The highest BCUT2D eigenvalue weighted by molar-refractivity contribution is 5.67. The zero-order valence-corrected chi connectivity index (χ0v) is 12.9. The van der Waals surface area contributed by atoms with E-state index in [1.54, 1.807) is 0 Å². The van der Waals surface area contributed by atoms with Crippen molar-refractivity contribution in [3.63, 3.8) is 0 Å². The van der Waals surface area contributed by atoms with Crippen molar-refractivity contribution in [1.82, 2.24) is 10.6 Å². The molecule has 1 aliphatic carbocycles. The third kappa shape index (κ3) is 7.41. The van der Waals surface area contributed by atoms with Gasteiger partial charge in [-0.2, -0.15) is 0 Å². The summed E-state index contributed by atoms with van der Waals surface area (Å²) in [5.41, 5.74) is -0.424. The van der Waals surface area contributed by atoms with Crippen LogP contribution in [0.15, 0.2) is 0 Å². The molecule has 1 aliphatic rings. The highest BCUT2D eigenvalue weighted by atomic mass is 16.6. The van der Waals surface area contributed by atoms with Crippen LogP contribution in [0.1, 0.15) is 59.8 Å². The summed E-state index contributed by atoms with van der Waals surface area (Å²) in [5.74, 6) is 0.801. The number of alkyl carbamates (subject to hydrolysis) is 1. The molecule has 19 heavy (non-hydrogen) atoms. The van der Waals surface area contributed by atoms with Crippen molar-refractivity contribution < 1.29 is 9.53 Å². The Morgan fingerprint density at radius 1 is 1.21 bits per heavy atom. The first-order valence-electron chi connectivity index (χ1n) is 7.59. The third-order valence-corrected chi connectivity index (χ3v) is 3.62. The van der Waals surface area contributed by atoms with Gasteiger partial charge in [-0.15, -0.1) is 0 Å². The summed E-state index contributed by atoms with van der Waals surface area (Å²) < 4.78 is 5.18. The summed E-state index contributed by atoms with van der Waals surface area (Å²) in [6.45, 7) is 9.29. The lowest BCUT2D eigenvalue weighted by atomic mass is 9.84. The summed E-state index contributed by atoms with van der Waals surface area (Å²) >= 11 is 0. The van der Waals surface area contributed by atoms with Crippen molar-refractivity contribution in [2.75, 3.05) is 13.1 Å². The highest BCUT2D eigenvalue weighted by Gasteiger charge is 2.19. The molecule has 1 atom stereocenters. The minimum atomic E-state index is -0.424. The number of amides is 1. The van der Waals surface area contributed by atoms with Crippen LogP contribution in [-0.2, 0) is 4.74 Å². The molecular formula is C15H30N2O2. The van der Waals surface area contributed by atoms with E-state index in [9.17, 15) is 4.79 Å². The van der Waals surface area contributed by atoms with Crippen LogP contribution in [-0.4, -0.2) is 30.8 Å². The van der Waals surface area contributed by atoms with E-state index in [0.717, 1.165) is 12.5 Å². The summed E-state index contributed by atoms with van der Waals surface area (Å²) in [4.78, 5) is 11.4. The van der Waals surface area contributed by atoms with Crippen molar-refractivity contribution in [3.8, 4) is 0 Å². The van der Waals surface area contributed by atoms with Gasteiger partial charge in [0.2, 0.25) is 0 Å². The van der Waals surface area contributed by atoms with E-state index in [0.29, 0.717) is 12.6 Å². The molecule has 4 nitrogen and oxygen atoms in total. The van der Waals surface area contributed by atoms with Gasteiger partial charge in [0.05, 0.1) is 0 Å². The quantitative estimate of drug-likeness (QED) is 0.755. The fourth-order valence-corrected chi connectivity index (χ4v) is 2.58. The van der Waals surface area contributed by atoms with Crippen LogP contribution in [0, 0.1) is 5.92 Å². The van der Waals surface area contributed by atoms with Gasteiger partial charge < -0.3 is 15.4 Å². The van der Waals surface area contributed by atoms with E-state index < -0.39 is 5.60 Å². The Morgan fingerprint density at radius 2 is 1.84 bits per heavy atom. The summed E-state index contributed by atoms with van der Waals surface area (Å²) in [7, 11) is 0. The zero-order chi connectivity index (χ0) is 14.3. The lowest BCUT2D eigenvalue weighted by Gasteiger charge is -2.28. The van der Waals surface area contributed by atoms with E-state index in [4.69, 9.17) is 4.74 Å². The number of nitrogens with one attached hydrogen (secondary N) is 2. The van der Waals surface area contributed by atoms with E-state index in [-0.39, 0.29) is 6.09 Å². The second-order valence-electron chi connectivity index (χ2n) is 6.57. The monoisotopic (exact) mass is 270 g/mol. The molecular weight excluding hydrogens is 240 g/mol. The van der Waals surface area contributed by atoms with E-state index in [1.807, 2.05) is 20.8 Å². The molecule has 1 amide bonds. The fourth-order valence-electron chi connectivity index (χ4n) is 2.58. The van der Waals surface area contributed by atoms with Gasteiger partial charge in [-0.25, -0.2) is 4.79 Å². The Labute approximate surface area is 117 Å².